The maximum atomic E-state index is 13.8. The molecule has 2 heterocycles. The van der Waals surface area contributed by atoms with Crippen molar-refractivity contribution in [2.75, 3.05) is 39.4 Å². The van der Waals surface area contributed by atoms with E-state index in [0.29, 0.717) is 49.7 Å². The zero-order valence-corrected chi connectivity index (χ0v) is 20.6. The summed E-state index contributed by atoms with van der Waals surface area (Å²) >= 11 is 6.10. The van der Waals surface area contributed by atoms with Gasteiger partial charge in [0, 0.05) is 43.0 Å². The molecule has 2 saturated heterocycles. The van der Waals surface area contributed by atoms with Gasteiger partial charge in [0.2, 0.25) is 5.91 Å². The smallest absolute Gasteiger partial charge is 0.260 e. The Kier molecular flexibility index (Phi) is 8.50. The summed E-state index contributed by atoms with van der Waals surface area (Å²) in [5, 5.41) is 0.594. The third kappa shape index (κ3) is 6.88. The first-order valence-corrected chi connectivity index (χ1v) is 12.6. The number of ether oxygens (including phenoxy) is 2. The first-order chi connectivity index (χ1) is 16.9. The molecule has 0 aromatic heterocycles. The van der Waals surface area contributed by atoms with E-state index in [2.05, 4.69) is 0 Å². The van der Waals surface area contributed by atoms with Crippen molar-refractivity contribution in [2.24, 2.45) is 5.41 Å². The van der Waals surface area contributed by atoms with Crippen LogP contribution in [0.1, 0.15) is 38.5 Å². The molecule has 2 amide bonds. The summed E-state index contributed by atoms with van der Waals surface area (Å²) in [6, 6.07) is 13.3. The SMILES string of the molecule is O=C(COc1ccccc1F)N1CCC(COc2cccc(Cl)c2)(CC(=O)N2CCCCC2)CC1. The number of rotatable bonds is 8. The maximum absolute atomic E-state index is 13.8. The van der Waals surface area contributed by atoms with E-state index in [1.54, 1.807) is 29.2 Å². The number of likely N-dealkylation sites (tertiary alicyclic amines) is 2. The lowest BCUT2D eigenvalue weighted by Gasteiger charge is -2.42. The highest BCUT2D eigenvalue weighted by atomic mass is 35.5. The molecule has 8 heteroatoms. The number of carbonyl (C=O) groups excluding carboxylic acids is 2. The van der Waals surface area contributed by atoms with Crippen molar-refractivity contribution in [3.63, 3.8) is 0 Å². The minimum atomic E-state index is -0.493. The second-order valence-electron chi connectivity index (χ2n) is 9.46. The van der Waals surface area contributed by atoms with Gasteiger partial charge in [0.1, 0.15) is 5.75 Å². The summed E-state index contributed by atoms with van der Waals surface area (Å²) in [5.41, 5.74) is -0.375. The van der Waals surface area contributed by atoms with Gasteiger partial charge in [-0.2, -0.15) is 0 Å². The molecule has 0 aliphatic carbocycles. The number of para-hydroxylation sites is 1. The number of hydrogen-bond acceptors (Lipinski definition) is 4. The molecule has 0 bridgehead atoms. The molecule has 2 aromatic rings. The van der Waals surface area contributed by atoms with Gasteiger partial charge in [-0.1, -0.05) is 29.8 Å². The van der Waals surface area contributed by atoms with E-state index in [4.69, 9.17) is 21.1 Å². The molecule has 0 saturated carbocycles. The Labute approximate surface area is 210 Å². The molecule has 2 aliphatic heterocycles. The van der Waals surface area contributed by atoms with Crippen LogP contribution in [0.5, 0.6) is 11.5 Å². The molecule has 2 aromatic carbocycles. The predicted octanol–water partition coefficient (Wildman–Crippen LogP) is 4.95. The average molecular weight is 503 g/mol. The zero-order chi connectivity index (χ0) is 24.7. The van der Waals surface area contributed by atoms with E-state index in [1.807, 2.05) is 17.0 Å². The minimum absolute atomic E-state index is 0.0641. The topological polar surface area (TPSA) is 59.1 Å². The zero-order valence-electron chi connectivity index (χ0n) is 19.9. The van der Waals surface area contributed by atoms with Crippen LogP contribution in [0, 0.1) is 11.2 Å². The number of benzene rings is 2. The first kappa shape index (κ1) is 25.3. The Balaban J connectivity index is 1.38. The Morgan fingerprint density at radius 2 is 1.60 bits per heavy atom. The van der Waals surface area contributed by atoms with Crippen LogP contribution in [-0.2, 0) is 9.59 Å². The van der Waals surface area contributed by atoms with Gasteiger partial charge in [-0.3, -0.25) is 9.59 Å². The molecular formula is C27H32ClFN2O4. The van der Waals surface area contributed by atoms with Crippen LogP contribution < -0.4 is 9.47 Å². The quantitative estimate of drug-likeness (QED) is 0.512. The van der Waals surface area contributed by atoms with Gasteiger partial charge in [0.05, 0.1) is 6.61 Å². The third-order valence-corrected chi connectivity index (χ3v) is 7.18. The molecule has 0 unspecified atom stereocenters. The van der Waals surface area contributed by atoms with Crippen LogP contribution in [0.15, 0.2) is 48.5 Å². The monoisotopic (exact) mass is 502 g/mol. The summed E-state index contributed by atoms with van der Waals surface area (Å²) in [5.74, 6) is 0.197. The number of carbonyl (C=O) groups is 2. The molecule has 0 atom stereocenters. The number of nitrogens with zero attached hydrogens (tertiary/aromatic N) is 2. The lowest BCUT2D eigenvalue weighted by molar-refractivity contribution is -0.139. The Morgan fingerprint density at radius 1 is 0.886 bits per heavy atom. The van der Waals surface area contributed by atoms with Crippen molar-refractivity contribution in [2.45, 2.75) is 38.5 Å². The fourth-order valence-electron chi connectivity index (χ4n) is 4.76. The van der Waals surface area contributed by atoms with Crippen LogP contribution in [0.2, 0.25) is 5.02 Å². The second-order valence-corrected chi connectivity index (χ2v) is 9.90. The molecule has 35 heavy (non-hydrogen) atoms. The number of halogens is 2. The van der Waals surface area contributed by atoms with Crippen LogP contribution in [-0.4, -0.2) is 61.0 Å². The highest BCUT2D eigenvalue weighted by molar-refractivity contribution is 6.30. The predicted molar refractivity (Wildman–Crippen MR) is 132 cm³/mol. The van der Waals surface area contributed by atoms with E-state index < -0.39 is 5.82 Å². The van der Waals surface area contributed by atoms with Crippen LogP contribution in [0.25, 0.3) is 0 Å². The molecule has 2 aliphatic rings. The van der Waals surface area contributed by atoms with Crippen molar-refractivity contribution < 1.29 is 23.5 Å². The molecule has 0 spiro atoms. The van der Waals surface area contributed by atoms with E-state index in [-0.39, 0.29) is 29.6 Å². The van der Waals surface area contributed by atoms with Gasteiger partial charge < -0.3 is 19.3 Å². The molecule has 0 radical (unpaired) electrons. The van der Waals surface area contributed by atoms with E-state index in [1.165, 1.54) is 18.6 Å². The average Bonchev–Trinajstić information content (AvgIpc) is 2.88. The van der Waals surface area contributed by atoms with Crippen molar-refractivity contribution in [3.8, 4) is 11.5 Å². The summed E-state index contributed by atoms with van der Waals surface area (Å²) in [4.78, 5) is 29.6. The van der Waals surface area contributed by atoms with E-state index in [0.717, 1.165) is 25.9 Å². The van der Waals surface area contributed by atoms with Gasteiger partial charge in [-0.05, 0) is 62.4 Å². The minimum Gasteiger partial charge on any atom is -0.493 e. The van der Waals surface area contributed by atoms with E-state index >= 15 is 0 Å². The van der Waals surface area contributed by atoms with Crippen molar-refractivity contribution in [3.05, 3.63) is 59.4 Å². The maximum Gasteiger partial charge on any atom is 0.260 e. The molecule has 0 N–H and O–H groups in total. The third-order valence-electron chi connectivity index (χ3n) is 6.94. The largest absolute Gasteiger partial charge is 0.493 e. The molecule has 188 valence electrons. The standard InChI is InChI=1S/C27H32ClFN2O4/c28-21-7-6-8-22(17-21)35-20-27(18-25(32)30-13-4-1-5-14-30)11-15-31(16-12-27)26(33)19-34-24-10-3-2-9-23(24)29/h2-3,6-10,17H,1,4-5,11-16,18-20H2. The van der Waals surface area contributed by atoms with Gasteiger partial charge in [-0.25, -0.2) is 4.39 Å². The van der Waals surface area contributed by atoms with Gasteiger partial charge in [0.25, 0.3) is 5.91 Å². The van der Waals surface area contributed by atoms with Crippen molar-refractivity contribution in [1.82, 2.24) is 9.80 Å². The molecule has 6 nitrogen and oxygen atoms in total. The number of amides is 2. The highest BCUT2D eigenvalue weighted by Crippen LogP contribution is 2.37. The molecule has 2 fully saturated rings. The lowest BCUT2D eigenvalue weighted by atomic mass is 9.75. The van der Waals surface area contributed by atoms with Crippen LogP contribution in [0.3, 0.4) is 0 Å². The van der Waals surface area contributed by atoms with Crippen molar-refractivity contribution in [1.29, 1.82) is 0 Å². The first-order valence-electron chi connectivity index (χ1n) is 12.3. The van der Waals surface area contributed by atoms with Crippen molar-refractivity contribution >= 4 is 23.4 Å². The summed E-state index contributed by atoms with van der Waals surface area (Å²) in [6.45, 7) is 2.75. The molecular weight excluding hydrogens is 471 g/mol. The second kappa shape index (κ2) is 11.8. The van der Waals surface area contributed by atoms with Gasteiger partial charge >= 0.3 is 0 Å². The fraction of sp³-hybridized carbons (Fsp3) is 0.481. The normalized spacial score (nSPS) is 17.7. The van der Waals surface area contributed by atoms with Gasteiger partial charge in [-0.15, -0.1) is 0 Å². The van der Waals surface area contributed by atoms with Gasteiger partial charge in [0.15, 0.2) is 18.2 Å². The fourth-order valence-corrected chi connectivity index (χ4v) is 4.94. The van der Waals surface area contributed by atoms with Crippen LogP contribution >= 0.6 is 11.6 Å². The highest BCUT2D eigenvalue weighted by Gasteiger charge is 2.40. The Bertz CT molecular complexity index is 1020. The number of hydrogen-bond donors (Lipinski definition) is 0. The molecule has 4 rings (SSSR count). The van der Waals surface area contributed by atoms with Crippen LogP contribution in [0.4, 0.5) is 4.39 Å². The summed E-state index contributed by atoms with van der Waals surface area (Å²) in [6.07, 6.45) is 4.92. The van der Waals surface area contributed by atoms with E-state index in [9.17, 15) is 14.0 Å². The lowest BCUT2D eigenvalue weighted by Crippen LogP contribution is -2.49. The number of piperidine rings is 2. The summed E-state index contributed by atoms with van der Waals surface area (Å²) < 4.78 is 25.3. The summed E-state index contributed by atoms with van der Waals surface area (Å²) in [7, 11) is 0. The Hall–Kier alpha value is -2.80. The Morgan fingerprint density at radius 3 is 2.31 bits per heavy atom.